The summed E-state index contributed by atoms with van der Waals surface area (Å²) in [6.07, 6.45) is 2.18. The maximum Gasteiger partial charge on any atom is 0.219 e. The molecule has 1 rings (SSSR count). The maximum absolute atomic E-state index is 11.2. The lowest BCUT2D eigenvalue weighted by atomic mass is 9.83. The molecule has 0 aliphatic heterocycles. The highest BCUT2D eigenvalue weighted by atomic mass is 16.1. The first-order valence-corrected chi connectivity index (χ1v) is 6.14. The van der Waals surface area contributed by atoms with Gasteiger partial charge in [-0.3, -0.25) is 4.79 Å². The summed E-state index contributed by atoms with van der Waals surface area (Å²) in [5, 5.41) is 3.25. The van der Waals surface area contributed by atoms with Crippen molar-refractivity contribution in [3.8, 4) is 0 Å². The third-order valence-electron chi connectivity index (χ3n) is 3.47. The van der Waals surface area contributed by atoms with Crippen molar-refractivity contribution in [2.45, 2.75) is 38.6 Å². The Labute approximate surface area is 103 Å². The molecule has 1 unspecified atom stereocenters. The van der Waals surface area contributed by atoms with Crippen LogP contribution >= 0.6 is 0 Å². The van der Waals surface area contributed by atoms with Gasteiger partial charge in [-0.05, 0) is 31.0 Å². The topological polar surface area (TPSA) is 55.1 Å². The maximum atomic E-state index is 11.2. The quantitative estimate of drug-likeness (QED) is 0.790. The van der Waals surface area contributed by atoms with E-state index in [1.54, 1.807) is 0 Å². The zero-order chi connectivity index (χ0) is 12.9. The molecule has 0 aliphatic rings. The zero-order valence-electron chi connectivity index (χ0n) is 10.9. The van der Waals surface area contributed by atoms with E-state index in [9.17, 15) is 4.79 Å². The average Bonchev–Trinajstić information content (AvgIpc) is 2.36. The highest BCUT2D eigenvalue weighted by molar-refractivity contribution is 5.75. The number of hydrogen-bond donors (Lipinski definition) is 2. The zero-order valence-corrected chi connectivity index (χ0v) is 10.9. The number of nitrogens with one attached hydrogen (secondary N) is 1. The number of primary amides is 1. The summed E-state index contributed by atoms with van der Waals surface area (Å²) in [6.45, 7) is 4.19. The summed E-state index contributed by atoms with van der Waals surface area (Å²) in [6, 6.07) is 8.39. The number of carbonyl (C=O) groups excluding carboxylic acids is 1. The second-order valence-electron chi connectivity index (χ2n) is 4.38. The first-order chi connectivity index (χ1) is 8.07. The van der Waals surface area contributed by atoms with Gasteiger partial charge >= 0.3 is 0 Å². The molecular weight excluding hydrogens is 212 g/mol. The monoisotopic (exact) mass is 234 g/mol. The van der Waals surface area contributed by atoms with Gasteiger partial charge in [-0.1, -0.05) is 38.1 Å². The van der Waals surface area contributed by atoms with Crippen molar-refractivity contribution in [1.29, 1.82) is 0 Å². The number of hydrogen-bond acceptors (Lipinski definition) is 2. The molecule has 0 aliphatic carbocycles. The Balaban J connectivity index is 3.07. The highest BCUT2D eigenvalue weighted by Crippen LogP contribution is 2.28. The Morgan fingerprint density at radius 3 is 2.24 bits per heavy atom. The average molecular weight is 234 g/mol. The van der Waals surface area contributed by atoms with Crippen LogP contribution in [0.1, 0.15) is 37.8 Å². The van der Waals surface area contributed by atoms with Crippen LogP contribution in [0.25, 0.3) is 0 Å². The molecule has 3 heteroatoms. The molecule has 3 nitrogen and oxygen atoms in total. The van der Waals surface area contributed by atoms with Crippen molar-refractivity contribution in [3.63, 3.8) is 0 Å². The van der Waals surface area contributed by atoms with Gasteiger partial charge in [0.25, 0.3) is 0 Å². The standard InChI is InChI=1S/C14H22N2O/c1-4-11-6-8-12(9-7-11)14(5-2,16-3)10-13(15)17/h6-9,16H,4-5,10H2,1-3H3,(H2,15,17). The molecule has 0 spiro atoms. The third-order valence-corrected chi connectivity index (χ3v) is 3.47. The second kappa shape index (κ2) is 5.82. The number of amides is 1. The van der Waals surface area contributed by atoms with Crippen LogP contribution in [0.5, 0.6) is 0 Å². The Morgan fingerprint density at radius 1 is 1.29 bits per heavy atom. The van der Waals surface area contributed by atoms with E-state index in [1.807, 2.05) is 7.05 Å². The molecule has 1 atom stereocenters. The van der Waals surface area contributed by atoms with Gasteiger partial charge in [0.15, 0.2) is 0 Å². The van der Waals surface area contributed by atoms with Crippen molar-refractivity contribution in [1.82, 2.24) is 5.32 Å². The largest absolute Gasteiger partial charge is 0.370 e. The lowest BCUT2D eigenvalue weighted by Crippen LogP contribution is -2.42. The van der Waals surface area contributed by atoms with E-state index in [-0.39, 0.29) is 11.4 Å². The number of rotatable bonds is 6. The van der Waals surface area contributed by atoms with Gasteiger partial charge in [0.05, 0.1) is 5.54 Å². The second-order valence-corrected chi connectivity index (χ2v) is 4.38. The summed E-state index contributed by atoms with van der Waals surface area (Å²) < 4.78 is 0. The molecule has 0 fully saturated rings. The molecular formula is C14H22N2O. The molecule has 94 valence electrons. The molecule has 0 radical (unpaired) electrons. The molecule has 3 N–H and O–H groups in total. The molecule has 1 aromatic rings. The van der Waals surface area contributed by atoms with Crippen LogP contribution in [0.2, 0.25) is 0 Å². The van der Waals surface area contributed by atoms with E-state index in [0.717, 1.165) is 18.4 Å². The molecule has 0 aromatic heterocycles. The predicted octanol–water partition coefficient (Wildman–Crippen LogP) is 1.95. The van der Waals surface area contributed by atoms with Crippen LogP contribution in [-0.4, -0.2) is 13.0 Å². The number of benzene rings is 1. The Bertz CT molecular complexity index is 366. The summed E-state index contributed by atoms with van der Waals surface area (Å²) in [7, 11) is 1.88. The fourth-order valence-electron chi connectivity index (χ4n) is 2.20. The fourth-order valence-corrected chi connectivity index (χ4v) is 2.20. The Hall–Kier alpha value is -1.35. The number of carbonyl (C=O) groups is 1. The van der Waals surface area contributed by atoms with E-state index in [4.69, 9.17) is 5.73 Å². The van der Waals surface area contributed by atoms with E-state index >= 15 is 0 Å². The molecule has 0 saturated heterocycles. The highest BCUT2D eigenvalue weighted by Gasteiger charge is 2.30. The van der Waals surface area contributed by atoms with Gasteiger partial charge in [-0.15, -0.1) is 0 Å². The first kappa shape index (κ1) is 13.7. The molecule has 1 amide bonds. The first-order valence-electron chi connectivity index (χ1n) is 6.14. The minimum absolute atomic E-state index is 0.277. The van der Waals surface area contributed by atoms with Crippen LogP contribution in [0.15, 0.2) is 24.3 Å². The Kier molecular flexibility index (Phi) is 4.70. The van der Waals surface area contributed by atoms with E-state index < -0.39 is 0 Å². The molecule has 17 heavy (non-hydrogen) atoms. The molecule has 0 saturated carbocycles. The van der Waals surface area contributed by atoms with Gasteiger partial charge in [-0.25, -0.2) is 0 Å². The third kappa shape index (κ3) is 3.07. The van der Waals surface area contributed by atoms with Crippen molar-refractivity contribution >= 4 is 5.91 Å². The summed E-state index contributed by atoms with van der Waals surface area (Å²) >= 11 is 0. The van der Waals surface area contributed by atoms with Crippen molar-refractivity contribution < 1.29 is 4.79 Å². The van der Waals surface area contributed by atoms with E-state index in [1.165, 1.54) is 5.56 Å². The van der Waals surface area contributed by atoms with Crippen LogP contribution in [0, 0.1) is 0 Å². The van der Waals surface area contributed by atoms with Crippen LogP contribution in [-0.2, 0) is 16.8 Å². The normalized spacial score (nSPS) is 14.3. The Morgan fingerprint density at radius 2 is 1.88 bits per heavy atom. The van der Waals surface area contributed by atoms with Gasteiger partial charge in [0, 0.05) is 6.42 Å². The van der Waals surface area contributed by atoms with Crippen molar-refractivity contribution in [2.24, 2.45) is 5.73 Å². The minimum Gasteiger partial charge on any atom is -0.370 e. The van der Waals surface area contributed by atoms with Gasteiger partial charge in [0.1, 0.15) is 0 Å². The van der Waals surface area contributed by atoms with Crippen LogP contribution < -0.4 is 11.1 Å². The van der Waals surface area contributed by atoms with Gasteiger partial charge in [-0.2, -0.15) is 0 Å². The van der Waals surface area contributed by atoms with Gasteiger partial charge in [0.2, 0.25) is 5.91 Å². The summed E-state index contributed by atoms with van der Waals surface area (Å²) in [4.78, 5) is 11.2. The number of aryl methyl sites for hydroxylation is 1. The van der Waals surface area contributed by atoms with E-state index in [0.29, 0.717) is 6.42 Å². The minimum atomic E-state index is -0.335. The smallest absolute Gasteiger partial charge is 0.219 e. The lowest BCUT2D eigenvalue weighted by molar-refractivity contribution is -0.119. The molecule has 0 bridgehead atoms. The summed E-state index contributed by atoms with van der Waals surface area (Å²) in [5.41, 5.74) is 7.43. The SMILES string of the molecule is CCc1ccc(C(CC)(CC(N)=O)NC)cc1. The van der Waals surface area contributed by atoms with Crippen molar-refractivity contribution in [3.05, 3.63) is 35.4 Å². The van der Waals surface area contributed by atoms with Crippen LogP contribution in [0.3, 0.4) is 0 Å². The van der Waals surface area contributed by atoms with Gasteiger partial charge < -0.3 is 11.1 Å². The van der Waals surface area contributed by atoms with E-state index in [2.05, 4.69) is 43.4 Å². The molecule has 0 heterocycles. The van der Waals surface area contributed by atoms with Crippen LogP contribution in [0.4, 0.5) is 0 Å². The number of nitrogens with two attached hydrogens (primary N) is 1. The molecule has 1 aromatic carbocycles. The fraction of sp³-hybridized carbons (Fsp3) is 0.500. The lowest BCUT2D eigenvalue weighted by Gasteiger charge is -2.32. The predicted molar refractivity (Wildman–Crippen MR) is 70.7 cm³/mol. The summed E-state index contributed by atoms with van der Waals surface area (Å²) in [5.74, 6) is -0.277. The van der Waals surface area contributed by atoms with Crippen molar-refractivity contribution in [2.75, 3.05) is 7.05 Å².